The Hall–Kier alpha value is -1.68. The van der Waals surface area contributed by atoms with E-state index in [4.69, 9.17) is 0 Å². The Labute approximate surface area is 126 Å². The molecule has 1 saturated heterocycles. The summed E-state index contributed by atoms with van der Waals surface area (Å²) in [6.45, 7) is 3.34. The van der Waals surface area contributed by atoms with Gasteiger partial charge in [-0.3, -0.25) is 4.90 Å². The van der Waals surface area contributed by atoms with Gasteiger partial charge < -0.3 is 10.4 Å². The van der Waals surface area contributed by atoms with E-state index in [1.807, 2.05) is 24.3 Å². The fraction of sp³-hybridized carbons (Fsp3) is 0.333. The minimum absolute atomic E-state index is 0.147. The number of β-amino-alcohol motifs (C(OH)–C–C–N with tert-alkyl or cyclic N) is 1. The van der Waals surface area contributed by atoms with Gasteiger partial charge >= 0.3 is 0 Å². The minimum atomic E-state index is -0.294. The highest BCUT2D eigenvalue weighted by Crippen LogP contribution is 2.14. The molecule has 1 fully saturated rings. The summed E-state index contributed by atoms with van der Waals surface area (Å²) in [5, 5.41) is 13.7. The Morgan fingerprint density at radius 2 is 1.52 bits per heavy atom. The fourth-order valence-corrected chi connectivity index (χ4v) is 2.88. The van der Waals surface area contributed by atoms with Crippen molar-refractivity contribution in [2.24, 2.45) is 0 Å². The molecule has 3 rings (SSSR count). The number of aliphatic hydroxyl groups excluding tert-OH is 1. The predicted molar refractivity (Wildman–Crippen MR) is 84.8 cm³/mol. The number of benzene rings is 2. The Morgan fingerprint density at radius 3 is 2.19 bits per heavy atom. The van der Waals surface area contributed by atoms with Crippen molar-refractivity contribution in [1.29, 1.82) is 0 Å². The summed E-state index contributed by atoms with van der Waals surface area (Å²) in [4.78, 5) is 2.31. The molecule has 0 aromatic heterocycles. The molecule has 2 aromatic carbocycles. The van der Waals surface area contributed by atoms with E-state index >= 15 is 0 Å². The van der Waals surface area contributed by atoms with Crippen LogP contribution in [-0.2, 0) is 13.1 Å². The molecule has 3 heteroatoms. The smallest absolute Gasteiger partial charge is 0.0832 e. The lowest BCUT2D eigenvalue weighted by atomic mass is 10.2. The lowest BCUT2D eigenvalue weighted by Crippen LogP contribution is -2.38. The number of aliphatic hydroxyl groups is 1. The van der Waals surface area contributed by atoms with Gasteiger partial charge in [0.2, 0.25) is 0 Å². The monoisotopic (exact) mass is 282 g/mol. The molecular weight excluding hydrogens is 260 g/mol. The zero-order valence-corrected chi connectivity index (χ0v) is 12.2. The first kappa shape index (κ1) is 14.3. The predicted octanol–water partition coefficient (Wildman–Crippen LogP) is 2.02. The lowest BCUT2D eigenvalue weighted by Gasteiger charge is -2.17. The Balaban J connectivity index is 1.51. The number of hydrogen-bond donors (Lipinski definition) is 2. The SMILES string of the molecule is O[C@H]1CN(Cc2ccccc2)C[C@@H]1NCc1ccccc1. The molecule has 3 nitrogen and oxygen atoms in total. The van der Waals surface area contributed by atoms with Gasteiger partial charge in [0.25, 0.3) is 0 Å². The van der Waals surface area contributed by atoms with Gasteiger partial charge in [-0.05, 0) is 11.1 Å². The molecule has 0 radical (unpaired) electrons. The molecule has 0 spiro atoms. The zero-order chi connectivity index (χ0) is 14.5. The van der Waals surface area contributed by atoms with E-state index in [0.717, 1.165) is 26.2 Å². The molecule has 1 heterocycles. The third kappa shape index (κ3) is 3.91. The normalized spacial score (nSPS) is 22.5. The van der Waals surface area contributed by atoms with E-state index < -0.39 is 0 Å². The van der Waals surface area contributed by atoms with Gasteiger partial charge in [0.05, 0.1) is 6.10 Å². The summed E-state index contributed by atoms with van der Waals surface area (Å²) in [6.07, 6.45) is -0.294. The van der Waals surface area contributed by atoms with Crippen LogP contribution in [0.2, 0.25) is 0 Å². The van der Waals surface area contributed by atoms with Crippen LogP contribution < -0.4 is 5.32 Å². The van der Waals surface area contributed by atoms with Crippen LogP contribution in [0.15, 0.2) is 60.7 Å². The average Bonchev–Trinajstić information content (AvgIpc) is 2.87. The fourth-order valence-electron chi connectivity index (χ4n) is 2.88. The molecule has 110 valence electrons. The van der Waals surface area contributed by atoms with Gasteiger partial charge in [-0.2, -0.15) is 0 Å². The molecule has 0 saturated carbocycles. The second kappa shape index (κ2) is 6.85. The van der Waals surface area contributed by atoms with E-state index in [1.165, 1.54) is 11.1 Å². The summed E-state index contributed by atoms with van der Waals surface area (Å²) in [5.74, 6) is 0. The van der Waals surface area contributed by atoms with Gasteiger partial charge in [-0.25, -0.2) is 0 Å². The summed E-state index contributed by atoms with van der Waals surface area (Å²) < 4.78 is 0. The maximum absolute atomic E-state index is 10.2. The maximum Gasteiger partial charge on any atom is 0.0832 e. The van der Waals surface area contributed by atoms with E-state index in [2.05, 4.69) is 46.6 Å². The highest BCUT2D eigenvalue weighted by atomic mass is 16.3. The Bertz CT molecular complexity index is 544. The first-order valence-corrected chi connectivity index (χ1v) is 7.53. The van der Waals surface area contributed by atoms with Crippen LogP contribution in [0.3, 0.4) is 0 Å². The first-order valence-electron chi connectivity index (χ1n) is 7.53. The van der Waals surface area contributed by atoms with E-state index in [9.17, 15) is 5.11 Å². The number of nitrogens with zero attached hydrogens (tertiary/aromatic N) is 1. The summed E-state index contributed by atoms with van der Waals surface area (Å²) in [6, 6.07) is 20.9. The molecular formula is C18H22N2O. The quantitative estimate of drug-likeness (QED) is 0.881. The average molecular weight is 282 g/mol. The van der Waals surface area contributed by atoms with Crippen molar-refractivity contribution in [2.75, 3.05) is 13.1 Å². The highest BCUT2D eigenvalue weighted by molar-refractivity contribution is 5.16. The molecule has 0 aliphatic carbocycles. The molecule has 2 atom stereocenters. The van der Waals surface area contributed by atoms with Gasteiger partial charge in [0.15, 0.2) is 0 Å². The summed E-state index contributed by atoms with van der Waals surface area (Å²) in [7, 11) is 0. The second-order valence-corrected chi connectivity index (χ2v) is 5.72. The van der Waals surface area contributed by atoms with Crippen LogP contribution in [0.4, 0.5) is 0 Å². The molecule has 0 unspecified atom stereocenters. The third-order valence-corrected chi connectivity index (χ3v) is 4.02. The first-order chi connectivity index (χ1) is 10.3. The van der Waals surface area contributed by atoms with Crippen molar-refractivity contribution in [2.45, 2.75) is 25.2 Å². The van der Waals surface area contributed by atoms with Crippen molar-refractivity contribution < 1.29 is 5.11 Å². The van der Waals surface area contributed by atoms with Gasteiger partial charge in [0.1, 0.15) is 0 Å². The van der Waals surface area contributed by atoms with E-state index in [-0.39, 0.29) is 12.1 Å². The van der Waals surface area contributed by atoms with Gasteiger partial charge in [-0.15, -0.1) is 0 Å². The largest absolute Gasteiger partial charge is 0.390 e. The summed E-state index contributed by atoms with van der Waals surface area (Å²) in [5.41, 5.74) is 2.56. The zero-order valence-electron chi connectivity index (χ0n) is 12.2. The van der Waals surface area contributed by atoms with Crippen molar-refractivity contribution in [3.05, 3.63) is 71.8 Å². The maximum atomic E-state index is 10.2. The molecule has 0 bridgehead atoms. The van der Waals surface area contributed by atoms with Crippen LogP contribution in [0.25, 0.3) is 0 Å². The Kier molecular flexibility index (Phi) is 4.65. The Morgan fingerprint density at radius 1 is 0.905 bits per heavy atom. The molecule has 1 aliphatic rings. The molecule has 1 aliphatic heterocycles. The van der Waals surface area contributed by atoms with Gasteiger partial charge in [0, 0.05) is 32.2 Å². The molecule has 2 N–H and O–H groups in total. The third-order valence-electron chi connectivity index (χ3n) is 4.02. The molecule has 2 aromatic rings. The van der Waals surface area contributed by atoms with Crippen molar-refractivity contribution >= 4 is 0 Å². The van der Waals surface area contributed by atoms with E-state index in [1.54, 1.807) is 0 Å². The van der Waals surface area contributed by atoms with Crippen molar-refractivity contribution in [1.82, 2.24) is 10.2 Å². The number of nitrogens with one attached hydrogen (secondary N) is 1. The standard InChI is InChI=1S/C18H22N2O/c21-18-14-20(12-16-9-5-2-6-10-16)13-17(18)19-11-15-7-3-1-4-8-15/h1-10,17-19,21H,11-14H2/t17-,18-/m0/s1. The summed E-state index contributed by atoms with van der Waals surface area (Å²) >= 11 is 0. The number of rotatable bonds is 5. The number of hydrogen-bond acceptors (Lipinski definition) is 3. The van der Waals surface area contributed by atoms with E-state index in [0.29, 0.717) is 0 Å². The molecule has 21 heavy (non-hydrogen) atoms. The lowest BCUT2D eigenvalue weighted by molar-refractivity contribution is 0.152. The van der Waals surface area contributed by atoms with Crippen LogP contribution in [0.5, 0.6) is 0 Å². The minimum Gasteiger partial charge on any atom is -0.390 e. The van der Waals surface area contributed by atoms with Crippen molar-refractivity contribution in [3.63, 3.8) is 0 Å². The van der Waals surface area contributed by atoms with Crippen LogP contribution >= 0.6 is 0 Å². The molecule has 0 amide bonds. The van der Waals surface area contributed by atoms with Crippen molar-refractivity contribution in [3.8, 4) is 0 Å². The van der Waals surface area contributed by atoms with Crippen LogP contribution in [-0.4, -0.2) is 35.2 Å². The number of likely N-dealkylation sites (tertiary alicyclic amines) is 1. The topological polar surface area (TPSA) is 35.5 Å². The van der Waals surface area contributed by atoms with Crippen LogP contribution in [0, 0.1) is 0 Å². The second-order valence-electron chi connectivity index (χ2n) is 5.72. The van der Waals surface area contributed by atoms with Crippen LogP contribution in [0.1, 0.15) is 11.1 Å². The highest BCUT2D eigenvalue weighted by Gasteiger charge is 2.30. The van der Waals surface area contributed by atoms with Gasteiger partial charge in [-0.1, -0.05) is 60.7 Å².